The molecule has 0 aromatic carbocycles. The maximum Gasteiger partial charge on any atom is 0.190 e. The Morgan fingerprint density at radius 3 is 2.77 bits per heavy atom. The molecule has 5 heteroatoms. The predicted octanol–water partition coefficient (Wildman–Crippen LogP) is 1.78. The molecule has 26 heavy (non-hydrogen) atoms. The van der Waals surface area contributed by atoms with E-state index in [1.165, 1.54) is 13.0 Å². The van der Waals surface area contributed by atoms with Crippen LogP contribution in [0.4, 0.5) is 0 Å². The second kappa shape index (κ2) is 5.73. The summed E-state index contributed by atoms with van der Waals surface area (Å²) in [5, 5.41) is 32.3. The number of hydrogen-bond acceptors (Lipinski definition) is 5. The topological polar surface area (TPSA) is 94.8 Å². The molecule has 4 rings (SSSR count). The van der Waals surface area contributed by atoms with Crippen molar-refractivity contribution >= 4 is 11.6 Å². The fourth-order valence-corrected chi connectivity index (χ4v) is 6.21. The van der Waals surface area contributed by atoms with Crippen LogP contribution >= 0.6 is 0 Å². The van der Waals surface area contributed by atoms with Crippen molar-refractivity contribution in [3.05, 3.63) is 11.6 Å². The minimum absolute atomic E-state index is 0.0644. The normalized spacial score (nSPS) is 60.3. The number of carbonyl (C=O) groups is 2. The fraction of sp³-hybridized carbons (Fsp3) is 0.810. The smallest absolute Gasteiger partial charge is 0.190 e. The quantitative estimate of drug-likeness (QED) is 0.692. The standard InChI is InChI=1S/C21H30O5/c1-19-7-5-13(23)9-12(19)3-4-14-15-6-8-21(26,17(25)11-22)20(15,2)10-16(24)18(14)19/h9,14-16,18,22,24,26H,3-8,10-11H2,1-2H3/i10D2,16D,18D. The van der Waals surface area contributed by atoms with E-state index in [0.717, 1.165) is 0 Å². The first-order valence-corrected chi connectivity index (χ1v) is 9.49. The van der Waals surface area contributed by atoms with Gasteiger partial charge in [0.25, 0.3) is 0 Å². The molecule has 0 saturated heterocycles. The van der Waals surface area contributed by atoms with E-state index in [4.69, 9.17) is 4.11 Å². The van der Waals surface area contributed by atoms with Gasteiger partial charge in [-0.05, 0) is 67.7 Å². The molecule has 0 heterocycles. The van der Waals surface area contributed by atoms with E-state index in [2.05, 4.69) is 0 Å². The molecule has 0 amide bonds. The van der Waals surface area contributed by atoms with Gasteiger partial charge in [-0.3, -0.25) is 9.59 Å². The molecule has 4 aliphatic carbocycles. The summed E-state index contributed by atoms with van der Waals surface area (Å²) < 4.78 is 36.2. The maximum atomic E-state index is 12.6. The summed E-state index contributed by atoms with van der Waals surface area (Å²) in [7, 11) is 0. The number of Topliss-reactive ketones (excluding diaryl/α,β-unsaturated/α-hetero) is 1. The van der Waals surface area contributed by atoms with E-state index >= 15 is 0 Å². The highest BCUT2D eigenvalue weighted by molar-refractivity contribution is 5.91. The van der Waals surface area contributed by atoms with Crippen LogP contribution < -0.4 is 0 Å². The van der Waals surface area contributed by atoms with Crippen LogP contribution in [0.2, 0.25) is 0 Å². The second-order valence-electron chi connectivity index (χ2n) is 8.79. The number of rotatable bonds is 2. The van der Waals surface area contributed by atoms with Crippen LogP contribution in [-0.4, -0.2) is 45.2 Å². The Morgan fingerprint density at radius 2 is 2.08 bits per heavy atom. The van der Waals surface area contributed by atoms with Crippen LogP contribution in [0.25, 0.3) is 0 Å². The number of carbonyl (C=O) groups excluding carboxylic acids is 2. The van der Waals surface area contributed by atoms with Gasteiger partial charge in [0.2, 0.25) is 0 Å². The number of aliphatic hydroxyl groups excluding tert-OH is 1. The third-order valence-electron chi connectivity index (χ3n) is 7.75. The number of allylic oxidation sites excluding steroid dienone is 1. The van der Waals surface area contributed by atoms with Gasteiger partial charge in [-0.2, -0.15) is 0 Å². The van der Waals surface area contributed by atoms with E-state index < -0.39 is 59.0 Å². The molecular weight excluding hydrogens is 332 g/mol. The Labute approximate surface area is 160 Å². The first-order chi connectivity index (χ1) is 13.7. The fourth-order valence-electron chi connectivity index (χ4n) is 6.21. The average molecular weight is 366 g/mol. The van der Waals surface area contributed by atoms with Crippen molar-refractivity contribution in [3.63, 3.8) is 0 Å². The third kappa shape index (κ3) is 2.14. The van der Waals surface area contributed by atoms with Crippen LogP contribution in [0.3, 0.4) is 0 Å². The van der Waals surface area contributed by atoms with E-state index in [1.54, 1.807) is 6.92 Å². The van der Waals surface area contributed by atoms with Crippen LogP contribution in [-0.2, 0) is 9.59 Å². The molecule has 7 unspecified atom stereocenters. The monoisotopic (exact) mass is 366 g/mol. The van der Waals surface area contributed by atoms with E-state index in [-0.39, 0.29) is 31.5 Å². The lowest BCUT2D eigenvalue weighted by atomic mass is 9.45. The lowest BCUT2D eigenvalue weighted by Gasteiger charge is -2.60. The highest BCUT2D eigenvalue weighted by atomic mass is 16.3. The number of hydrogen-bond donors (Lipinski definition) is 3. The summed E-state index contributed by atoms with van der Waals surface area (Å²) in [4.78, 5) is 24.6. The molecule has 0 aliphatic heterocycles. The maximum absolute atomic E-state index is 12.6. The largest absolute Gasteiger partial charge is 0.393 e. The first kappa shape index (κ1) is 14.0. The highest BCUT2D eigenvalue weighted by Gasteiger charge is 2.68. The summed E-state index contributed by atoms with van der Waals surface area (Å²) in [5.41, 5.74) is -4.47. The van der Waals surface area contributed by atoms with Crippen molar-refractivity contribution < 1.29 is 30.4 Å². The Hall–Kier alpha value is -1.04. The molecule has 144 valence electrons. The molecule has 0 spiro atoms. The summed E-state index contributed by atoms with van der Waals surface area (Å²) >= 11 is 0. The summed E-state index contributed by atoms with van der Waals surface area (Å²) in [5.74, 6) is -4.23. The van der Waals surface area contributed by atoms with Gasteiger partial charge >= 0.3 is 0 Å². The van der Waals surface area contributed by atoms with E-state index in [0.29, 0.717) is 18.4 Å². The van der Waals surface area contributed by atoms with Crippen LogP contribution in [0.1, 0.15) is 64.2 Å². The van der Waals surface area contributed by atoms with Crippen molar-refractivity contribution in [1.29, 1.82) is 0 Å². The Kier molecular flexibility index (Phi) is 3.09. The van der Waals surface area contributed by atoms with Crippen LogP contribution in [0.15, 0.2) is 11.6 Å². The van der Waals surface area contributed by atoms with Crippen LogP contribution in [0.5, 0.6) is 0 Å². The highest BCUT2D eigenvalue weighted by Crippen LogP contribution is 2.67. The Balaban J connectivity index is 1.97. The average Bonchev–Trinajstić information content (AvgIpc) is 2.96. The Bertz CT molecular complexity index is 856. The molecule has 3 fully saturated rings. The molecule has 3 saturated carbocycles. The molecule has 3 N–H and O–H groups in total. The lowest BCUT2D eigenvalue weighted by Crippen LogP contribution is -2.62. The van der Waals surface area contributed by atoms with Gasteiger partial charge in [0, 0.05) is 15.9 Å². The van der Waals surface area contributed by atoms with Gasteiger partial charge in [-0.15, -0.1) is 0 Å². The van der Waals surface area contributed by atoms with Crippen molar-refractivity contribution in [2.24, 2.45) is 28.6 Å². The number of aliphatic hydroxyl groups is 3. The van der Waals surface area contributed by atoms with Crippen LogP contribution in [0, 0.1) is 28.6 Å². The molecule has 5 nitrogen and oxygen atoms in total. The molecule has 0 aromatic rings. The van der Waals surface area contributed by atoms with Gasteiger partial charge in [-0.25, -0.2) is 0 Å². The molecule has 0 bridgehead atoms. The van der Waals surface area contributed by atoms with Gasteiger partial charge in [0.1, 0.15) is 12.2 Å². The van der Waals surface area contributed by atoms with Gasteiger partial charge in [-0.1, -0.05) is 19.4 Å². The van der Waals surface area contributed by atoms with Crippen molar-refractivity contribution in [1.82, 2.24) is 0 Å². The van der Waals surface area contributed by atoms with E-state index in [1.807, 2.05) is 0 Å². The minimum Gasteiger partial charge on any atom is -0.393 e. The summed E-state index contributed by atoms with van der Waals surface area (Å²) in [6.07, 6.45) is -2.86. The second-order valence-corrected chi connectivity index (χ2v) is 8.79. The summed E-state index contributed by atoms with van der Waals surface area (Å²) in [6, 6.07) is 0. The SMILES string of the molecule is [2H]C1([2H])C([2H])(O)C2([2H])C(CCC3=CC(=O)CCC32C)C2CCC(O)(C(=O)CO)C21C. The molecule has 0 aromatic heterocycles. The lowest BCUT2D eigenvalue weighted by molar-refractivity contribution is -0.182. The van der Waals surface area contributed by atoms with Gasteiger partial charge in [0.05, 0.1) is 7.45 Å². The van der Waals surface area contributed by atoms with Crippen molar-refractivity contribution in [2.45, 2.75) is 70.4 Å². The zero-order valence-corrected chi connectivity index (χ0v) is 15.3. The predicted molar refractivity (Wildman–Crippen MR) is 95.1 cm³/mol. The number of ketones is 2. The summed E-state index contributed by atoms with van der Waals surface area (Å²) in [6.45, 7) is 2.16. The first-order valence-electron chi connectivity index (χ1n) is 11.5. The van der Waals surface area contributed by atoms with E-state index in [9.17, 15) is 26.3 Å². The zero-order chi connectivity index (χ0) is 22.5. The molecule has 7 atom stereocenters. The van der Waals surface area contributed by atoms with Crippen molar-refractivity contribution in [2.75, 3.05) is 6.61 Å². The zero-order valence-electron chi connectivity index (χ0n) is 19.3. The third-order valence-corrected chi connectivity index (χ3v) is 7.75. The Morgan fingerprint density at radius 1 is 1.35 bits per heavy atom. The van der Waals surface area contributed by atoms with Gasteiger partial charge in [0.15, 0.2) is 11.6 Å². The molecule has 4 aliphatic rings. The molecule has 0 radical (unpaired) electrons. The number of fused-ring (bicyclic) bond motifs is 5. The molecular formula is C21H30O5. The minimum atomic E-state index is -2.96. The van der Waals surface area contributed by atoms with Crippen molar-refractivity contribution in [3.8, 4) is 0 Å². The van der Waals surface area contributed by atoms with Gasteiger partial charge < -0.3 is 15.3 Å².